The van der Waals surface area contributed by atoms with Gasteiger partial charge in [0.1, 0.15) is 36.6 Å². The van der Waals surface area contributed by atoms with E-state index < -0.39 is 6.10 Å². The monoisotopic (exact) mass is 486 g/mol. The third-order valence-corrected chi connectivity index (χ3v) is 6.30. The molecule has 0 spiro atoms. The maximum Gasteiger partial charge on any atom is 0.162 e. The number of aryl methyl sites for hydroxylation is 1. The molecule has 6 nitrogen and oxygen atoms in total. The molecular formula is C30H34N2O4. The summed E-state index contributed by atoms with van der Waals surface area (Å²) in [5, 5.41) is 10.8. The number of aliphatic hydroxyl groups excluding tert-OH is 1. The maximum absolute atomic E-state index is 11.8. The van der Waals surface area contributed by atoms with E-state index in [9.17, 15) is 9.90 Å². The molecule has 0 saturated carbocycles. The Morgan fingerprint density at radius 1 is 1.00 bits per heavy atom. The quantitative estimate of drug-likeness (QED) is 0.260. The highest BCUT2D eigenvalue weighted by Crippen LogP contribution is 2.25. The second kappa shape index (κ2) is 11.4. The Balaban J connectivity index is 1.44. The zero-order valence-electron chi connectivity index (χ0n) is 21.4. The third kappa shape index (κ3) is 5.94. The molecule has 0 fully saturated rings. The predicted molar refractivity (Wildman–Crippen MR) is 142 cm³/mol. The molecule has 188 valence electrons. The van der Waals surface area contributed by atoms with Gasteiger partial charge in [-0.2, -0.15) is 0 Å². The number of hydrogen-bond acceptors (Lipinski definition) is 5. The van der Waals surface area contributed by atoms with Crippen molar-refractivity contribution >= 4 is 16.8 Å². The number of hydrogen-bond donors (Lipinski definition) is 1. The van der Waals surface area contributed by atoms with Gasteiger partial charge in [0, 0.05) is 12.0 Å². The summed E-state index contributed by atoms with van der Waals surface area (Å²) >= 11 is 0. The van der Waals surface area contributed by atoms with Gasteiger partial charge < -0.3 is 19.1 Å². The summed E-state index contributed by atoms with van der Waals surface area (Å²) in [5.74, 6) is 2.70. The van der Waals surface area contributed by atoms with Crippen LogP contribution in [0.4, 0.5) is 0 Å². The van der Waals surface area contributed by atoms with Crippen molar-refractivity contribution < 1.29 is 19.4 Å². The summed E-state index contributed by atoms with van der Waals surface area (Å²) in [6.45, 7) is 9.02. The smallest absolute Gasteiger partial charge is 0.162 e. The van der Waals surface area contributed by atoms with E-state index in [2.05, 4.69) is 32.9 Å². The number of imidazole rings is 1. The maximum atomic E-state index is 11.8. The average Bonchev–Trinajstić information content (AvgIpc) is 3.23. The summed E-state index contributed by atoms with van der Waals surface area (Å²) in [4.78, 5) is 16.6. The van der Waals surface area contributed by atoms with Gasteiger partial charge in [0.2, 0.25) is 0 Å². The van der Waals surface area contributed by atoms with Crippen molar-refractivity contribution in [1.82, 2.24) is 9.55 Å². The number of nitrogens with zero attached hydrogens (tertiary/aromatic N) is 2. The van der Waals surface area contributed by atoms with Crippen LogP contribution in [0.2, 0.25) is 0 Å². The molecule has 0 aliphatic carbocycles. The summed E-state index contributed by atoms with van der Waals surface area (Å²) in [6, 6.07) is 21.0. The Kier molecular flexibility index (Phi) is 8.06. The largest absolute Gasteiger partial charge is 0.491 e. The topological polar surface area (TPSA) is 73.6 Å². The number of carbonyl (C=O) groups excluding carboxylic acids is 1. The van der Waals surface area contributed by atoms with Gasteiger partial charge in [-0.3, -0.25) is 4.79 Å². The van der Waals surface area contributed by atoms with Gasteiger partial charge in [0.05, 0.1) is 17.6 Å². The first kappa shape index (κ1) is 25.5. The minimum atomic E-state index is -0.758. The summed E-state index contributed by atoms with van der Waals surface area (Å²) in [7, 11) is 0. The first-order valence-electron chi connectivity index (χ1n) is 12.5. The molecule has 1 heterocycles. The van der Waals surface area contributed by atoms with Gasteiger partial charge in [-0.05, 0) is 72.5 Å². The van der Waals surface area contributed by atoms with E-state index in [0.717, 1.165) is 22.6 Å². The fraction of sp³-hybridized carbons (Fsp3) is 0.333. The number of para-hydroxylation sites is 2. The minimum Gasteiger partial charge on any atom is -0.491 e. The van der Waals surface area contributed by atoms with E-state index in [1.807, 2.05) is 41.8 Å². The molecule has 1 aromatic heterocycles. The number of benzene rings is 3. The Labute approximate surface area is 212 Å². The number of aromatic nitrogens is 2. The van der Waals surface area contributed by atoms with Crippen molar-refractivity contribution in [3.63, 3.8) is 0 Å². The zero-order valence-corrected chi connectivity index (χ0v) is 21.4. The molecular weight excluding hydrogens is 452 g/mol. The fourth-order valence-electron chi connectivity index (χ4n) is 4.37. The fourth-order valence-corrected chi connectivity index (χ4v) is 4.37. The molecule has 0 amide bonds. The highest BCUT2D eigenvalue weighted by atomic mass is 16.5. The molecule has 0 saturated heterocycles. The van der Waals surface area contributed by atoms with Gasteiger partial charge in [0.15, 0.2) is 5.78 Å². The van der Waals surface area contributed by atoms with E-state index >= 15 is 0 Å². The second-order valence-electron chi connectivity index (χ2n) is 9.36. The lowest BCUT2D eigenvalue weighted by atomic mass is 9.98. The number of ether oxygens (including phenoxy) is 2. The van der Waals surface area contributed by atoms with Crippen molar-refractivity contribution in [3.8, 4) is 11.5 Å². The lowest BCUT2D eigenvalue weighted by Gasteiger charge is -2.16. The van der Waals surface area contributed by atoms with Gasteiger partial charge >= 0.3 is 0 Å². The lowest BCUT2D eigenvalue weighted by Crippen LogP contribution is -2.25. The standard InChI is InChI=1S/C30H34N2O4/c1-5-29(34)22-10-12-24(13-11-22)35-18-23(33)17-32-28-9-7-6-8-27(28)31-30(32)19-36-25-14-15-26(20(2)3)21(4)16-25/h6-16,20,23,33H,5,17-19H2,1-4H3. The van der Waals surface area contributed by atoms with Crippen LogP contribution in [0, 0.1) is 6.92 Å². The minimum absolute atomic E-state index is 0.0920. The normalized spacial score (nSPS) is 12.2. The van der Waals surface area contributed by atoms with E-state index in [1.165, 1.54) is 11.1 Å². The molecule has 6 heteroatoms. The second-order valence-corrected chi connectivity index (χ2v) is 9.36. The zero-order chi connectivity index (χ0) is 25.7. The molecule has 36 heavy (non-hydrogen) atoms. The molecule has 1 atom stereocenters. The highest BCUT2D eigenvalue weighted by Gasteiger charge is 2.16. The Bertz CT molecular complexity index is 1320. The van der Waals surface area contributed by atoms with Crippen LogP contribution < -0.4 is 9.47 Å². The first-order valence-corrected chi connectivity index (χ1v) is 12.5. The first-order chi connectivity index (χ1) is 17.4. The highest BCUT2D eigenvalue weighted by molar-refractivity contribution is 5.95. The molecule has 0 radical (unpaired) electrons. The summed E-state index contributed by atoms with van der Waals surface area (Å²) < 4.78 is 13.9. The molecule has 0 aliphatic heterocycles. The van der Waals surface area contributed by atoms with Crippen LogP contribution in [0.5, 0.6) is 11.5 Å². The SMILES string of the molecule is CCC(=O)c1ccc(OCC(O)Cn2c(COc3ccc(C(C)C)c(C)c3)nc3ccccc32)cc1. The average molecular weight is 487 g/mol. The number of Topliss-reactive ketones (excluding diaryl/α,β-unsaturated/α-hetero) is 1. The summed E-state index contributed by atoms with van der Waals surface area (Å²) in [5.41, 5.74) is 4.96. The Morgan fingerprint density at radius 2 is 1.72 bits per heavy atom. The van der Waals surface area contributed by atoms with Crippen LogP contribution in [0.1, 0.15) is 60.4 Å². The molecule has 0 aliphatic rings. The molecule has 3 aromatic carbocycles. The molecule has 4 rings (SSSR count). The van der Waals surface area contributed by atoms with Gasteiger partial charge in [-0.15, -0.1) is 0 Å². The number of ketones is 1. The van der Waals surface area contributed by atoms with E-state index in [4.69, 9.17) is 14.5 Å². The van der Waals surface area contributed by atoms with Crippen LogP contribution in [-0.4, -0.2) is 33.2 Å². The van der Waals surface area contributed by atoms with Crippen molar-refractivity contribution in [2.45, 2.75) is 59.3 Å². The molecule has 1 N–H and O–H groups in total. The number of carbonyl (C=O) groups is 1. The summed E-state index contributed by atoms with van der Waals surface area (Å²) in [6.07, 6.45) is -0.293. The third-order valence-electron chi connectivity index (χ3n) is 6.30. The van der Waals surface area contributed by atoms with Crippen LogP contribution in [0.15, 0.2) is 66.7 Å². The lowest BCUT2D eigenvalue weighted by molar-refractivity contribution is 0.0916. The molecule has 1 unspecified atom stereocenters. The molecule has 0 bridgehead atoms. The van der Waals surface area contributed by atoms with Crippen LogP contribution in [0.3, 0.4) is 0 Å². The molecule has 4 aromatic rings. The number of aliphatic hydroxyl groups is 1. The predicted octanol–water partition coefficient (Wildman–Crippen LogP) is 6.08. The Morgan fingerprint density at radius 3 is 2.42 bits per heavy atom. The van der Waals surface area contributed by atoms with Gasteiger partial charge in [-0.1, -0.05) is 39.0 Å². The van der Waals surface area contributed by atoms with E-state index in [0.29, 0.717) is 30.2 Å². The van der Waals surface area contributed by atoms with Crippen LogP contribution >= 0.6 is 0 Å². The number of fused-ring (bicyclic) bond motifs is 1. The van der Waals surface area contributed by atoms with Crippen molar-refractivity contribution in [2.75, 3.05) is 6.61 Å². The van der Waals surface area contributed by atoms with Crippen LogP contribution in [0.25, 0.3) is 11.0 Å². The van der Waals surface area contributed by atoms with Crippen molar-refractivity contribution in [3.05, 3.63) is 89.2 Å². The van der Waals surface area contributed by atoms with E-state index in [-0.39, 0.29) is 19.0 Å². The Hall–Kier alpha value is -3.64. The van der Waals surface area contributed by atoms with Crippen molar-refractivity contribution in [1.29, 1.82) is 0 Å². The van der Waals surface area contributed by atoms with Crippen LogP contribution in [-0.2, 0) is 13.2 Å². The number of rotatable bonds is 11. The van der Waals surface area contributed by atoms with Crippen molar-refractivity contribution in [2.24, 2.45) is 0 Å². The van der Waals surface area contributed by atoms with Gasteiger partial charge in [0.25, 0.3) is 0 Å². The van der Waals surface area contributed by atoms with E-state index in [1.54, 1.807) is 24.3 Å². The van der Waals surface area contributed by atoms with Gasteiger partial charge in [-0.25, -0.2) is 4.98 Å².